The van der Waals surface area contributed by atoms with E-state index < -0.39 is 0 Å². The molecule has 3 heteroatoms. The summed E-state index contributed by atoms with van der Waals surface area (Å²) in [6, 6.07) is 0. The number of nitrogens with one attached hydrogen (secondary N) is 1. The molecule has 0 radical (unpaired) electrons. The van der Waals surface area contributed by atoms with Gasteiger partial charge in [-0.3, -0.25) is 0 Å². The molecule has 1 N–H and O–H groups in total. The standard InChI is InChI=1S/C8H15NO2/c1-2-7(6-9-3-1)8-10-4-5-11-8/h7-9H,1-6H2/t7-/m0/s1. The number of hydrogen-bond acceptors (Lipinski definition) is 3. The first kappa shape index (κ1) is 7.53. The normalized spacial score (nSPS) is 34.4. The van der Waals surface area contributed by atoms with Crippen LogP contribution in [0.4, 0.5) is 0 Å². The second-order valence-corrected chi connectivity index (χ2v) is 3.22. The first-order valence-electron chi connectivity index (χ1n) is 4.41. The van der Waals surface area contributed by atoms with Crippen molar-refractivity contribution in [1.82, 2.24) is 5.32 Å². The molecule has 0 unspecified atom stereocenters. The predicted molar refractivity (Wildman–Crippen MR) is 41.3 cm³/mol. The Hall–Kier alpha value is -0.120. The Balaban J connectivity index is 1.82. The third-order valence-corrected chi connectivity index (χ3v) is 2.37. The molecular formula is C8H15NO2. The van der Waals surface area contributed by atoms with Crippen LogP contribution in [0.1, 0.15) is 12.8 Å². The minimum absolute atomic E-state index is 0.0859. The lowest BCUT2D eigenvalue weighted by atomic mass is 9.99. The minimum atomic E-state index is 0.0859. The summed E-state index contributed by atoms with van der Waals surface area (Å²) < 4.78 is 10.9. The molecule has 11 heavy (non-hydrogen) atoms. The van der Waals surface area contributed by atoms with Crippen molar-refractivity contribution in [3.8, 4) is 0 Å². The van der Waals surface area contributed by atoms with E-state index in [0.717, 1.165) is 26.3 Å². The van der Waals surface area contributed by atoms with Crippen LogP contribution in [0, 0.1) is 5.92 Å². The van der Waals surface area contributed by atoms with Gasteiger partial charge in [0.1, 0.15) is 0 Å². The smallest absolute Gasteiger partial charge is 0.161 e. The van der Waals surface area contributed by atoms with Crippen molar-refractivity contribution in [2.24, 2.45) is 5.92 Å². The number of ether oxygens (including phenoxy) is 2. The Labute approximate surface area is 67.1 Å². The zero-order chi connectivity index (χ0) is 7.52. The molecule has 2 heterocycles. The zero-order valence-electron chi connectivity index (χ0n) is 6.71. The topological polar surface area (TPSA) is 30.5 Å². The van der Waals surface area contributed by atoms with Crippen LogP contribution in [0.25, 0.3) is 0 Å². The summed E-state index contributed by atoms with van der Waals surface area (Å²) in [5.74, 6) is 0.589. The van der Waals surface area contributed by atoms with Gasteiger partial charge in [0.05, 0.1) is 13.2 Å². The van der Waals surface area contributed by atoms with Gasteiger partial charge < -0.3 is 14.8 Å². The van der Waals surface area contributed by atoms with E-state index in [1.807, 2.05) is 0 Å². The highest BCUT2D eigenvalue weighted by atomic mass is 16.7. The van der Waals surface area contributed by atoms with Crippen LogP contribution in [0.5, 0.6) is 0 Å². The molecule has 2 rings (SSSR count). The molecule has 2 fully saturated rings. The average molecular weight is 157 g/mol. The summed E-state index contributed by atoms with van der Waals surface area (Å²) in [4.78, 5) is 0. The summed E-state index contributed by atoms with van der Waals surface area (Å²) >= 11 is 0. The van der Waals surface area contributed by atoms with E-state index in [4.69, 9.17) is 9.47 Å². The largest absolute Gasteiger partial charge is 0.350 e. The van der Waals surface area contributed by atoms with E-state index in [1.54, 1.807) is 0 Å². The Bertz CT molecular complexity index is 117. The molecule has 0 spiro atoms. The molecular weight excluding hydrogens is 142 g/mol. The molecule has 0 bridgehead atoms. The van der Waals surface area contributed by atoms with Gasteiger partial charge in [-0.1, -0.05) is 0 Å². The van der Waals surface area contributed by atoms with Crippen LogP contribution >= 0.6 is 0 Å². The lowest BCUT2D eigenvalue weighted by Crippen LogP contribution is -2.37. The SMILES string of the molecule is C1CNC[C@@H](C2OCCO2)C1. The van der Waals surface area contributed by atoms with Crippen molar-refractivity contribution in [3.63, 3.8) is 0 Å². The van der Waals surface area contributed by atoms with E-state index in [-0.39, 0.29) is 6.29 Å². The van der Waals surface area contributed by atoms with E-state index in [0.29, 0.717) is 5.92 Å². The fourth-order valence-corrected chi connectivity index (χ4v) is 1.76. The minimum Gasteiger partial charge on any atom is -0.350 e. The first-order chi connectivity index (χ1) is 5.47. The van der Waals surface area contributed by atoms with Crippen LogP contribution in [-0.4, -0.2) is 32.6 Å². The Morgan fingerprint density at radius 3 is 2.64 bits per heavy atom. The number of hydrogen-bond donors (Lipinski definition) is 1. The van der Waals surface area contributed by atoms with Crippen LogP contribution in [0.15, 0.2) is 0 Å². The molecule has 1 atom stereocenters. The van der Waals surface area contributed by atoms with Gasteiger partial charge in [-0.05, 0) is 19.4 Å². The van der Waals surface area contributed by atoms with Gasteiger partial charge in [0.15, 0.2) is 6.29 Å². The fourth-order valence-electron chi connectivity index (χ4n) is 1.76. The maximum Gasteiger partial charge on any atom is 0.161 e. The fraction of sp³-hybridized carbons (Fsp3) is 1.00. The molecule has 0 aromatic carbocycles. The lowest BCUT2D eigenvalue weighted by molar-refractivity contribution is -0.0881. The highest BCUT2D eigenvalue weighted by Gasteiger charge is 2.27. The van der Waals surface area contributed by atoms with Crippen molar-refractivity contribution in [1.29, 1.82) is 0 Å². The molecule has 2 saturated heterocycles. The van der Waals surface area contributed by atoms with E-state index >= 15 is 0 Å². The number of rotatable bonds is 1. The second kappa shape index (κ2) is 3.52. The summed E-state index contributed by atoms with van der Waals surface area (Å²) in [5, 5.41) is 3.35. The Morgan fingerprint density at radius 2 is 2.00 bits per heavy atom. The molecule has 64 valence electrons. The van der Waals surface area contributed by atoms with Gasteiger partial charge in [0.25, 0.3) is 0 Å². The first-order valence-corrected chi connectivity index (χ1v) is 4.41. The zero-order valence-corrected chi connectivity index (χ0v) is 6.71. The summed E-state index contributed by atoms with van der Waals surface area (Å²) in [6.45, 7) is 3.77. The van der Waals surface area contributed by atoms with Crippen LogP contribution < -0.4 is 5.32 Å². The summed E-state index contributed by atoms with van der Waals surface area (Å²) in [5.41, 5.74) is 0. The molecule has 0 aliphatic carbocycles. The van der Waals surface area contributed by atoms with Gasteiger partial charge in [-0.2, -0.15) is 0 Å². The van der Waals surface area contributed by atoms with E-state index in [9.17, 15) is 0 Å². The van der Waals surface area contributed by atoms with Gasteiger partial charge in [0, 0.05) is 12.5 Å². The van der Waals surface area contributed by atoms with E-state index in [1.165, 1.54) is 12.8 Å². The predicted octanol–water partition coefficient (Wildman–Crippen LogP) is 0.359. The summed E-state index contributed by atoms with van der Waals surface area (Å²) in [7, 11) is 0. The number of piperidine rings is 1. The quantitative estimate of drug-likeness (QED) is 0.596. The van der Waals surface area contributed by atoms with Gasteiger partial charge in [0.2, 0.25) is 0 Å². The third-order valence-electron chi connectivity index (χ3n) is 2.37. The Morgan fingerprint density at radius 1 is 1.18 bits per heavy atom. The lowest BCUT2D eigenvalue weighted by Gasteiger charge is -2.26. The average Bonchev–Trinajstić information content (AvgIpc) is 2.58. The molecule has 2 aliphatic heterocycles. The van der Waals surface area contributed by atoms with Gasteiger partial charge in [-0.15, -0.1) is 0 Å². The third kappa shape index (κ3) is 1.72. The maximum atomic E-state index is 5.43. The summed E-state index contributed by atoms with van der Waals surface area (Å²) in [6.07, 6.45) is 2.59. The van der Waals surface area contributed by atoms with Crippen molar-refractivity contribution in [2.75, 3.05) is 26.3 Å². The molecule has 0 amide bonds. The van der Waals surface area contributed by atoms with Crippen LogP contribution in [0.3, 0.4) is 0 Å². The molecule has 0 aromatic rings. The van der Waals surface area contributed by atoms with Gasteiger partial charge >= 0.3 is 0 Å². The highest BCUT2D eigenvalue weighted by Crippen LogP contribution is 2.20. The van der Waals surface area contributed by atoms with Crippen molar-refractivity contribution < 1.29 is 9.47 Å². The van der Waals surface area contributed by atoms with E-state index in [2.05, 4.69) is 5.32 Å². The van der Waals surface area contributed by atoms with Crippen molar-refractivity contribution >= 4 is 0 Å². The Kier molecular flexibility index (Phi) is 2.41. The second-order valence-electron chi connectivity index (χ2n) is 3.22. The monoisotopic (exact) mass is 157 g/mol. The maximum absolute atomic E-state index is 5.43. The molecule has 0 aromatic heterocycles. The van der Waals surface area contributed by atoms with Crippen molar-refractivity contribution in [2.45, 2.75) is 19.1 Å². The van der Waals surface area contributed by atoms with Crippen molar-refractivity contribution in [3.05, 3.63) is 0 Å². The molecule has 0 saturated carbocycles. The highest BCUT2D eigenvalue weighted by molar-refractivity contribution is 4.73. The van der Waals surface area contributed by atoms with Crippen LogP contribution in [-0.2, 0) is 9.47 Å². The van der Waals surface area contributed by atoms with Crippen LogP contribution in [0.2, 0.25) is 0 Å². The van der Waals surface area contributed by atoms with Gasteiger partial charge in [-0.25, -0.2) is 0 Å². The molecule has 3 nitrogen and oxygen atoms in total. The molecule has 2 aliphatic rings.